The zero-order valence-electron chi connectivity index (χ0n) is 9.37. The van der Waals surface area contributed by atoms with Gasteiger partial charge in [0.2, 0.25) is 0 Å². The van der Waals surface area contributed by atoms with Gasteiger partial charge in [-0.1, -0.05) is 22.9 Å². The van der Waals surface area contributed by atoms with Crippen LogP contribution in [0.3, 0.4) is 0 Å². The van der Waals surface area contributed by atoms with Crippen molar-refractivity contribution < 1.29 is 9.53 Å². The van der Waals surface area contributed by atoms with E-state index in [1.807, 2.05) is 6.92 Å². The summed E-state index contributed by atoms with van der Waals surface area (Å²) < 4.78 is 5.06. The minimum atomic E-state index is -0.132. The minimum Gasteiger partial charge on any atom is -0.494 e. The van der Waals surface area contributed by atoms with E-state index < -0.39 is 0 Å². The molecule has 0 aliphatic heterocycles. The Labute approximate surface area is 104 Å². The molecule has 1 heterocycles. The van der Waals surface area contributed by atoms with Crippen molar-refractivity contribution >= 4 is 21.8 Å². The zero-order chi connectivity index (χ0) is 12.0. The SMILES string of the molecule is COc1cnccc1C(=O)NCCC(C)Br. The lowest BCUT2D eigenvalue weighted by molar-refractivity contribution is 0.0950. The smallest absolute Gasteiger partial charge is 0.255 e. The Morgan fingerprint density at radius 3 is 3.06 bits per heavy atom. The standard InChI is InChI=1S/C11H15BrN2O2/c1-8(12)3-6-14-11(15)9-4-5-13-7-10(9)16-2/h4-5,7-8H,3,6H2,1-2H3,(H,14,15). The van der Waals surface area contributed by atoms with E-state index in [-0.39, 0.29) is 5.91 Å². The van der Waals surface area contributed by atoms with E-state index in [9.17, 15) is 4.79 Å². The first-order valence-electron chi connectivity index (χ1n) is 5.05. The van der Waals surface area contributed by atoms with E-state index in [0.29, 0.717) is 22.7 Å². The lowest BCUT2D eigenvalue weighted by Gasteiger charge is -2.09. The Hall–Kier alpha value is -1.10. The summed E-state index contributed by atoms with van der Waals surface area (Å²) in [4.78, 5) is 16.1. The van der Waals surface area contributed by atoms with Crippen LogP contribution in [0.25, 0.3) is 0 Å². The lowest BCUT2D eigenvalue weighted by atomic mass is 10.2. The van der Waals surface area contributed by atoms with Crippen molar-refractivity contribution in [2.24, 2.45) is 0 Å². The molecule has 0 aliphatic carbocycles. The number of hydrogen-bond donors (Lipinski definition) is 1. The number of aromatic nitrogens is 1. The van der Waals surface area contributed by atoms with Crippen LogP contribution in [0, 0.1) is 0 Å². The molecule has 0 aromatic carbocycles. The number of carbonyl (C=O) groups excluding carboxylic acids is 1. The van der Waals surface area contributed by atoms with Crippen molar-refractivity contribution in [1.82, 2.24) is 10.3 Å². The predicted octanol–water partition coefficient (Wildman–Crippen LogP) is 1.99. The second-order valence-electron chi connectivity index (χ2n) is 3.40. The number of halogens is 1. The molecule has 4 nitrogen and oxygen atoms in total. The normalized spacial score (nSPS) is 11.9. The number of hydrogen-bond acceptors (Lipinski definition) is 3. The largest absolute Gasteiger partial charge is 0.494 e. The Morgan fingerprint density at radius 1 is 1.69 bits per heavy atom. The van der Waals surface area contributed by atoms with Gasteiger partial charge in [-0.05, 0) is 12.5 Å². The van der Waals surface area contributed by atoms with Crippen LogP contribution in [-0.2, 0) is 0 Å². The van der Waals surface area contributed by atoms with Gasteiger partial charge in [0.05, 0.1) is 18.9 Å². The van der Waals surface area contributed by atoms with Crippen LogP contribution in [0.2, 0.25) is 0 Å². The molecule has 0 bridgehead atoms. The Bertz CT molecular complexity index is 356. The van der Waals surface area contributed by atoms with Crippen molar-refractivity contribution in [3.63, 3.8) is 0 Å². The summed E-state index contributed by atoms with van der Waals surface area (Å²) in [5.41, 5.74) is 0.514. The van der Waals surface area contributed by atoms with Gasteiger partial charge < -0.3 is 10.1 Å². The van der Waals surface area contributed by atoms with Crippen LogP contribution in [0.15, 0.2) is 18.5 Å². The highest BCUT2D eigenvalue weighted by Gasteiger charge is 2.11. The number of nitrogens with one attached hydrogen (secondary N) is 1. The Kier molecular flexibility index (Phi) is 5.25. The van der Waals surface area contributed by atoms with Gasteiger partial charge in [0.1, 0.15) is 5.75 Å². The molecule has 1 amide bonds. The summed E-state index contributed by atoms with van der Waals surface area (Å²) >= 11 is 3.42. The van der Waals surface area contributed by atoms with E-state index >= 15 is 0 Å². The van der Waals surface area contributed by atoms with E-state index in [4.69, 9.17) is 4.74 Å². The molecule has 0 spiro atoms. The average molecular weight is 287 g/mol. The summed E-state index contributed by atoms with van der Waals surface area (Å²) in [6, 6.07) is 1.64. The molecule has 88 valence electrons. The number of alkyl halides is 1. The molecule has 0 radical (unpaired) electrons. The van der Waals surface area contributed by atoms with Crippen molar-refractivity contribution in [2.75, 3.05) is 13.7 Å². The average Bonchev–Trinajstić information content (AvgIpc) is 2.28. The van der Waals surface area contributed by atoms with Crippen LogP contribution in [-0.4, -0.2) is 29.4 Å². The highest BCUT2D eigenvalue weighted by Crippen LogP contribution is 2.15. The van der Waals surface area contributed by atoms with Crippen molar-refractivity contribution in [3.8, 4) is 5.75 Å². The molecule has 0 fully saturated rings. The second kappa shape index (κ2) is 6.48. The number of nitrogens with zero attached hydrogens (tertiary/aromatic N) is 1. The molecule has 1 N–H and O–H groups in total. The third kappa shape index (κ3) is 3.81. The molecule has 1 atom stereocenters. The molecular formula is C11H15BrN2O2. The fraction of sp³-hybridized carbons (Fsp3) is 0.455. The molecule has 16 heavy (non-hydrogen) atoms. The topological polar surface area (TPSA) is 51.2 Å². The molecule has 1 unspecified atom stereocenters. The van der Waals surface area contributed by atoms with E-state index in [1.165, 1.54) is 13.3 Å². The maximum absolute atomic E-state index is 11.8. The predicted molar refractivity (Wildman–Crippen MR) is 66.1 cm³/mol. The van der Waals surface area contributed by atoms with Gasteiger partial charge in [0.25, 0.3) is 5.91 Å². The first-order valence-corrected chi connectivity index (χ1v) is 5.97. The summed E-state index contributed by atoms with van der Waals surface area (Å²) in [7, 11) is 1.52. The first-order chi connectivity index (χ1) is 7.65. The number of pyridine rings is 1. The molecule has 0 saturated carbocycles. The molecule has 5 heteroatoms. The third-order valence-corrected chi connectivity index (χ3v) is 2.53. The number of rotatable bonds is 5. The van der Waals surface area contributed by atoms with Crippen LogP contribution < -0.4 is 10.1 Å². The van der Waals surface area contributed by atoms with E-state index in [1.54, 1.807) is 12.3 Å². The van der Waals surface area contributed by atoms with E-state index in [0.717, 1.165) is 6.42 Å². The number of methoxy groups -OCH3 is 1. The quantitative estimate of drug-likeness (QED) is 0.843. The van der Waals surface area contributed by atoms with Crippen LogP contribution in [0.1, 0.15) is 23.7 Å². The van der Waals surface area contributed by atoms with Crippen LogP contribution >= 0.6 is 15.9 Å². The third-order valence-electron chi connectivity index (χ3n) is 2.08. The Morgan fingerprint density at radius 2 is 2.44 bits per heavy atom. The van der Waals surface area contributed by atoms with E-state index in [2.05, 4.69) is 26.2 Å². The molecule has 1 aromatic heterocycles. The van der Waals surface area contributed by atoms with Crippen molar-refractivity contribution in [3.05, 3.63) is 24.0 Å². The molecule has 0 saturated heterocycles. The van der Waals surface area contributed by atoms with Gasteiger partial charge in [0, 0.05) is 17.6 Å². The molecule has 1 aromatic rings. The highest BCUT2D eigenvalue weighted by molar-refractivity contribution is 9.09. The molecule has 1 rings (SSSR count). The summed E-state index contributed by atoms with van der Waals surface area (Å²) in [6.45, 7) is 2.68. The Balaban J connectivity index is 2.59. The molecule has 0 aliphatic rings. The highest BCUT2D eigenvalue weighted by atomic mass is 79.9. The van der Waals surface area contributed by atoms with Gasteiger partial charge in [-0.2, -0.15) is 0 Å². The lowest BCUT2D eigenvalue weighted by Crippen LogP contribution is -2.26. The maximum Gasteiger partial charge on any atom is 0.255 e. The van der Waals surface area contributed by atoms with Crippen molar-refractivity contribution in [1.29, 1.82) is 0 Å². The van der Waals surface area contributed by atoms with Gasteiger partial charge >= 0.3 is 0 Å². The fourth-order valence-corrected chi connectivity index (χ4v) is 1.44. The maximum atomic E-state index is 11.8. The number of carbonyl (C=O) groups is 1. The van der Waals surface area contributed by atoms with Gasteiger partial charge in [-0.3, -0.25) is 9.78 Å². The van der Waals surface area contributed by atoms with Crippen LogP contribution in [0.5, 0.6) is 5.75 Å². The number of amides is 1. The van der Waals surface area contributed by atoms with Gasteiger partial charge in [-0.25, -0.2) is 0 Å². The summed E-state index contributed by atoms with van der Waals surface area (Å²) in [5, 5.41) is 2.83. The first kappa shape index (κ1) is 13.0. The van der Waals surface area contributed by atoms with Crippen molar-refractivity contribution in [2.45, 2.75) is 18.2 Å². The number of ether oxygens (including phenoxy) is 1. The monoisotopic (exact) mass is 286 g/mol. The van der Waals surface area contributed by atoms with Crippen LogP contribution in [0.4, 0.5) is 0 Å². The molecular weight excluding hydrogens is 272 g/mol. The summed E-state index contributed by atoms with van der Waals surface area (Å²) in [5.74, 6) is 0.360. The van der Waals surface area contributed by atoms with Gasteiger partial charge in [-0.15, -0.1) is 0 Å². The van der Waals surface area contributed by atoms with Gasteiger partial charge in [0.15, 0.2) is 0 Å². The summed E-state index contributed by atoms with van der Waals surface area (Å²) in [6.07, 6.45) is 3.99. The second-order valence-corrected chi connectivity index (χ2v) is 4.96. The fourth-order valence-electron chi connectivity index (χ4n) is 1.21. The minimum absolute atomic E-state index is 0.132. The zero-order valence-corrected chi connectivity index (χ0v) is 11.0.